The first kappa shape index (κ1) is 18.2. The first-order valence-corrected chi connectivity index (χ1v) is 8.04. The van der Waals surface area contributed by atoms with Crippen LogP contribution in [0.1, 0.15) is 25.7 Å². The van der Waals surface area contributed by atoms with Crippen molar-refractivity contribution in [3.63, 3.8) is 0 Å². The van der Waals surface area contributed by atoms with Gasteiger partial charge in [-0.25, -0.2) is 9.18 Å². The summed E-state index contributed by atoms with van der Waals surface area (Å²) >= 11 is 0. The summed E-state index contributed by atoms with van der Waals surface area (Å²) < 4.78 is 23.4. The zero-order chi connectivity index (χ0) is 17.4. The lowest BCUT2D eigenvalue weighted by molar-refractivity contribution is -0.145. The highest BCUT2D eigenvalue weighted by Gasteiger charge is 2.21. The number of hydrogen-bond donors (Lipinski definition) is 2. The Morgan fingerprint density at radius 1 is 1.29 bits per heavy atom. The Labute approximate surface area is 139 Å². The Morgan fingerprint density at radius 3 is 2.58 bits per heavy atom. The number of halogens is 1. The van der Waals surface area contributed by atoms with Gasteiger partial charge in [0.1, 0.15) is 11.6 Å². The molecule has 1 fully saturated rings. The Bertz CT molecular complexity index is 542. The van der Waals surface area contributed by atoms with Crippen molar-refractivity contribution in [1.82, 2.24) is 5.32 Å². The van der Waals surface area contributed by atoms with Gasteiger partial charge in [0.25, 0.3) is 0 Å². The largest absolute Gasteiger partial charge is 0.478 e. The maximum absolute atomic E-state index is 12.8. The highest BCUT2D eigenvalue weighted by molar-refractivity contribution is 5.78. The lowest BCUT2D eigenvalue weighted by Gasteiger charge is -2.21. The topological polar surface area (TPSA) is 84.9 Å². The second kappa shape index (κ2) is 9.22. The molecule has 1 unspecified atom stereocenters. The molecule has 2 N–H and O–H groups in total. The molecule has 0 bridgehead atoms. The standard InChI is InChI=1S/C17H22FNO5/c18-13-2-4-14(5-3-13)24-15(17(21)22)11-19-16(20)6-1-12-7-9-23-10-8-12/h2-5,12,15H,1,6-11H2,(H,19,20)(H,21,22). The molecule has 1 aliphatic heterocycles. The van der Waals surface area contributed by atoms with Crippen LogP contribution in [0.5, 0.6) is 5.75 Å². The molecule has 132 valence electrons. The van der Waals surface area contributed by atoms with Gasteiger partial charge >= 0.3 is 5.97 Å². The van der Waals surface area contributed by atoms with E-state index in [-0.39, 0.29) is 18.2 Å². The summed E-state index contributed by atoms with van der Waals surface area (Å²) in [6.07, 6.45) is 1.82. The second-order valence-electron chi connectivity index (χ2n) is 5.80. The molecule has 6 nitrogen and oxygen atoms in total. The molecule has 1 aromatic carbocycles. The van der Waals surface area contributed by atoms with Crippen molar-refractivity contribution in [1.29, 1.82) is 0 Å². The summed E-state index contributed by atoms with van der Waals surface area (Å²) in [4.78, 5) is 23.1. The number of rotatable bonds is 8. The van der Waals surface area contributed by atoms with Gasteiger partial charge < -0.3 is 19.9 Å². The van der Waals surface area contributed by atoms with Gasteiger partial charge in [-0.3, -0.25) is 4.79 Å². The van der Waals surface area contributed by atoms with Crippen molar-refractivity contribution in [3.8, 4) is 5.75 Å². The summed E-state index contributed by atoms with van der Waals surface area (Å²) in [6, 6.07) is 5.05. The van der Waals surface area contributed by atoms with Crippen LogP contribution in [0.2, 0.25) is 0 Å². The Hall–Kier alpha value is -2.15. The number of amides is 1. The Balaban J connectivity index is 1.74. The summed E-state index contributed by atoms with van der Waals surface area (Å²) in [5.74, 6) is -1.11. The predicted molar refractivity (Wildman–Crippen MR) is 84.2 cm³/mol. The van der Waals surface area contributed by atoms with Crippen molar-refractivity contribution < 1.29 is 28.6 Å². The highest BCUT2D eigenvalue weighted by atomic mass is 19.1. The van der Waals surface area contributed by atoms with E-state index in [0.717, 1.165) is 32.5 Å². The van der Waals surface area contributed by atoms with Crippen molar-refractivity contribution in [2.45, 2.75) is 31.8 Å². The van der Waals surface area contributed by atoms with Crippen LogP contribution in [-0.2, 0) is 14.3 Å². The van der Waals surface area contributed by atoms with Crippen LogP contribution in [0.15, 0.2) is 24.3 Å². The lowest BCUT2D eigenvalue weighted by atomic mass is 9.95. The van der Waals surface area contributed by atoms with E-state index in [9.17, 15) is 19.1 Å². The van der Waals surface area contributed by atoms with Gasteiger partial charge in [0.2, 0.25) is 12.0 Å². The van der Waals surface area contributed by atoms with Crippen LogP contribution >= 0.6 is 0 Å². The molecule has 0 radical (unpaired) electrons. The van der Waals surface area contributed by atoms with Crippen LogP contribution in [-0.4, -0.2) is 42.8 Å². The van der Waals surface area contributed by atoms with Crippen molar-refractivity contribution in [3.05, 3.63) is 30.1 Å². The first-order chi connectivity index (χ1) is 11.5. The molecular weight excluding hydrogens is 317 g/mol. The monoisotopic (exact) mass is 339 g/mol. The molecule has 0 spiro atoms. The first-order valence-electron chi connectivity index (χ1n) is 8.04. The molecule has 0 saturated carbocycles. The molecule has 1 atom stereocenters. The number of carbonyl (C=O) groups excluding carboxylic acids is 1. The van der Waals surface area contributed by atoms with Crippen molar-refractivity contribution in [2.75, 3.05) is 19.8 Å². The minimum absolute atomic E-state index is 0.140. The summed E-state index contributed by atoms with van der Waals surface area (Å²) in [7, 11) is 0. The van der Waals surface area contributed by atoms with Gasteiger partial charge in [0, 0.05) is 19.6 Å². The third-order valence-electron chi connectivity index (χ3n) is 3.97. The van der Waals surface area contributed by atoms with Gasteiger partial charge in [0.05, 0.1) is 6.54 Å². The quantitative estimate of drug-likeness (QED) is 0.756. The molecule has 1 heterocycles. The van der Waals surface area contributed by atoms with Crippen LogP contribution in [0.4, 0.5) is 4.39 Å². The molecule has 1 aliphatic rings. The molecule has 24 heavy (non-hydrogen) atoms. The summed E-state index contributed by atoms with van der Waals surface area (Å²) in [6.45, 7) is 1.33. The van der Waals surface area contributed by atoms with E-state index in [2.05, 4.69) is 5.32 Å². The van der Waals surface area contributed by atoms with E-state index in [1.807, 2.05) is 0 Å². The second-order valence-corrected chi connectivity index (χ2v) is 5.80. The normalized spacial score (nSPS) is 16.4. The number of benzene rings is 1. The number of hydrogen-bond acceptors (Lipinski definition) is 4. The Kier molecular flexibility index (Phi) is 6.99. The van der Waals surface area contributed by atoms with Gasteiger partial charge in [0.15, 0.2) is 0 Å². The fraction of sp³-hybridized carbons (Fsp3) is 0.529. The fourth-order valence-corrected chi connectivity index (χ4v) is 2.52. The maximum atomic E-state index is 12.8. The van der Waals surface area contributed by atoms with E-state index in [4.69, 9.17) is 9.47 Å². The van der Waals surface area contributed by atoms with Crippen molar-refractivity contribution >= 4 is 11.9 Å². The molecule has 7 heteroatoms. The van der Waals surface area contributed by atoms with Crippen LogP contribution in [0.3, 0.4) is 0 Å². The zero-order valence-electron chi connectivity index (χ0n) is 13.4. The molecule has 2 rings (SSSR count). The van der Waals surface area contributed by atoms with Crippen LogP contribution in [0.25, 0.3) is 0 Å². The molecular formula is C17H22FNO5. The smallest absolute Gasteiger partial charge is 0.346 e. The third-order valence-corrected chi connectivity index (χ3v) is 3.97. The predicted octanol–water partition coefficient (Wildman–Crippen LogP) is 1.98. The number of aliphatic carboxylic acids is 1. The number of nitrogens with one attached hydrogen (secondary N) is 1. The number of ether oxygens (including phenoxy) is 2. The SMILES string of the molecule is O=C(CCC1CCOCC1)NCC(Oc1ccc(F)cc1)C(=O)O. The van der Waals surface area contributed by atoms with Crippen LogP contribution in [0, 0.1) is 11.7 Å². The Morgan fingerprint density at radius 2 is 1.96 bits per heavy atom. The molecule has 0 aliphatic carbocycles. The molecule has 1 amide bonds. The van der Waals surface area contributed by atoms with Gasteiger partial charge in [-0.05, 0) is 49.4 Å². The number of carbonyl (C=O) groups is 2. The van der Waals surface area contributed by atoms with E-state index in [1.165, 1.54) is 24.3 Å². The fourth-order valence-electron chi connectivity index (χ4n) is 2.52. The van der Waals surface area contributed by atoms with Gasteiger partial charge in [-0.1, -0.05) is 0 Å². The van der Waals surface area contributed by atoms with E-state index < -0.39 is 17.9 Å². The van der Waals surface area contributed by atoms with Gasteiger partial charge in [-0.2, -0.15) is 0 Å². The van der Waals surface area contributed by atoms with Crippen molar-refractivity contribution in [2.24, 2.45) is 5.92 Å². The highest BCUT2D eigenvalue weighted by Crippen LogP contribution is 2.19. The molecule has 1 aromatic rings. The lowest BCUT2D eigenvalue weighted by Crippen LogP contribution is -2.40. The average Bonchev–Trinajstić information content (AvgIpc) is 2.59. The molecule has 1 saturated heterocycles. The van der Waals surface area contributed by atoms with E-state index in [1.54, 1.807) is 0 Å². The number of carboxylic acids is 1. The van der Waals surface area contributed by atoms with Gasteiger partial charge in [-0.15, -0.1) is 0 Å². The average molecular weight is 339 g/mol. The summed E-state index contributed by atoms with van der Waals surface area (Å²) in [5, 5.41) is 11.8. The van der Waals surface area contributed by atoms with Crippen LogP contribution < -0.4 is 10.1 Å². The minimum atomic E-state index is -1.22. The minimum Gasteiger partial charge on any atom is -0.478 e. The maximum Gasteiger partial charge on any atom is 0.346 e. The van der Waals surface area contributed by atoms with E-state index in [0.29, 0.717) is 12.3 Å². The zero-order valence-corrected chi connectivity index (χ0v) is 13.4. The summed E-state index contributed by atoms with van der Waals surface area (Å²) in [5.41, 5.74) is 0. The van der Waals surface area contributed by atoms with E-state index >= 15 is 0 Å². The number of carboxylic acid groups (broad SMARTS) is 1. The third kappa shape index (κ3) is 6.16. The molecule has 0 aromatic heterocycles.